The summed E-state index contributed by atoms with van der Waals surface area (Å²) in [5.74, 6) is -2.87. The van der Waals surface area contributed by atoms with Crippen molar-refractivity contribution in [3.8, 4) is 11.3 Å². The average Bonchev–Trinajstić information content (AvgIpc) is 3.56. The summed E-state index contributed by atoms with van der Waals surface area (Å²) in [6, 6.07) is 9.59. The predicted molar refractivity (Wildman–Crippen MR) is 114 cm³/mol. The first-order valence-corrected chi connectivity index (χ1v) is 10.4. The highest BCUT2D eigenvalue weighted by Gasteiger charge is 2.33. The van der Waals surface area contributed by atoms with Crippen LogP contribution in [0.1, 0.15) is 40.5 Å². The Morgan fingerprint density at radius 3 is 2.38 bits per heavy atom. The van der Waals surface area contributed by atoms with E-state index >= 15 is 0 Å². The van der Waals surface area contributed by atoms with Gasteiger partial charge in [-0.15, -0.1) is 0 Å². The third-order valence-electron chi connectivity index (χ3n) is 5.37. The van der Waals surface area contributed by atoms with Gasteiger partial charge in [0, 0.05) is 24.4 Å². The minimum absolute atomic E-state index is 0.0300. The maximum atomic E-state index is 13.2. The molecule has 3 N–H and O–H groups in total. The zero-order valence-corrected chi connectivity index (χ0v) is 17.7. The number of nitrogens with zero attached hydrogens (tertiary/aromatic N) is 3. The molecule has 1 fully saturated rings. The number of primary amides is 1. The lowest BCUT2D eigenvalue weighted by Gasteiger charge is -2.16. The maximum Gasteiger partial charge on any atom is 0.433 e. The van der Waals surface area contributed by atoms with Crippen LogP contribution in [0.2, 0.25) is 0 Å². The predicted octanol–water partition coefficient (Wildman–Crippen LogP) is 2.69. The van der Waals surface area contributed by atoms with Crippen LogP contribution in [0.4, 0.5) is 13.2 Å². The van der Waals surface area contributed by atoms with Gasteiger partial charge in [-0.2, -0.15) is 18.3 Å². The van der Waals surface area contributed by atoms with Crippen LogP contribution >= 0.6 is 0 Å². The van der Waals surface area contributed by atoms with Gasteiger partial charge in [0.05, 0.1) is 11.6 Å². The van der Waals surface area contributed by atoms with Crippen molar-refractivity contribution in [1.82, 2.24) is 20.1 Å². The van der Waals surface area contributed by atoms with E-state index in [2.05, 4.69) is 15.4 Å². The molecule has 176 valence electrons. The van der Waals surface area contributed by atoms with Crippen LogP contribution in [-0.2, 0) is 22.2 Å². The molecule has 0 aliphatic heterocycles. The van der Waals surface area contributed by atoms with Gasteiger partial charge in [-0.05, 0) is 30.5 Å². The Kier molecular flexibility index (Phi) is 6.18. The minimum atomic E-state index is -4.61. The molecule has 34 heavy (non-hydrogen) atoms. The zero-order chi connectivity index (χ0) is 24.5. The van der Waals surface area contributed by atoms with Crippen molar-refractivity contribution in [1.29, 1.82) is 0 Å². The van der Waals surface area contributed by atoms with E-state index in [9.17, 15) is 27.6 Å². The molecule has 8 nitrogen and oxygen atoms in total. The number of benzene rings is 1. The van der Waals surface area contributed by atoms with E-state index in [0.29, 0.717) is 5.56 Å². The summed E-state index contributed by atoms with van der Waals surface area (Å²) in [5.41, 5.74) is 5.17. The summed E-state index contributed by atoms with van der Waals surface area (Å²) < 4.78 is 40.3. The monoisotopic (exact) mass is 471 g/mol. The standard InChI is InChI=1S/C23H20F3N5O3/c24-23(25,26)18-9-6-14(11-28-18)19-16(12-31(30-19)15-7-8-15)22(34)29-17(20(32)21(27)33)10-13-4-2-1-3-5-13/h1-6,9,11-12,15,17H,7-8,10H2,(H2,27,33)(H,29,34). The number of nitrogens with two attached hydrogens (primary N) is 1. The zero-order valence-electron chi connectivity index (χ0n) is 17.7. The van der Waals surface area contributed by atoms with Crippen LogP contribution in [0, 0.1) is 0 Å². The summed E-state index contributed by atoms with van der Waals surface area (Å²) in [7, 11) is 0. The summed E-state index contributed by atoms with van der Waals surface area (Å²) in [4.78, 5) is 40.6. The molecule has 4 rings (SSSR count). The SMILES string of the molecule is NC(=O)C(=O)C(Cc1ccccc1)NC(=O)c1cn(C2CC2)nc1-c1ccc(C(F)(F)F)nc1. The van der Waals surface area contributed by atoms with E-state index < -0.39 is 35.5 Å². The molecule has 2 aromatic heterocycles. The minimum Gasteiger partial charge on any atom is -0.363 e. The summed E-state index contributed by atoms with van der Waals surface area (Å²) in [5, 5.41) is 6.92. The molecule has 1 saturated carbocycles. The number of aromatic nitrogens is 3. The number of amides is 2. The van der Waals surface area contributed by atoms with Crippen molar-refractivity contribution in [2.45, 2.75) is 37.5 Å². The van der Waals surface area contributed by atoms with Gasteiger partial charge in [0.1, 0.15) is 17.4 Å². The second-order valence-corrected chi connectivity index (χ2v) is 7.98. The molecule has 1 aliphatic rings. The van der Waals surface area contributed by atoms with Crippen LogP contribution < -0.4 is 11.1 Å². The van der Waals surface area contributed by atoms with Crippen LogP contribution in [0.15, 0.2) is 54.9 Å². The molecule has 0 spiro atoms. The number of pyridine rings is 1. The van der Waals surface area contributed by atoms with Crippen molar-refractivity contribution in [2.24, 2.45) is 5.73 Å². The molecule has 1 aromatic carbocycles. The lowest BCUT2D eigenvalue weighted by molar-refractivity contribution is -0.141. The fraction of sp³-hybridized carbons (Fsp3) is 0.261. The molecule has 1 unspecified atom stereocenters. The Hall–Kier alpha value is -4.02. The first-order chi connectivity index (χ1) is 16.1. The number of nitrogens with one attached hydrogen (secondary N) is 1. The second-order valence-electron chi connectivity index (χ2n) is 7.98. The summed E-state index contributed by atoms with van der Waals surface area (Å²) in [6.07, 6.45) is -0.397. The number of ketones is 1. The lowest BCUT2D eigenvalue weighted by atomic mass is 10.0. The van der Waals surface area contributed by atoms with Gasteiger partial charge in [-0.25, -0.2) is 0 Å². The molecule has 2 heterocycles. The van der Waals surface area contributed by atoms with Crippen molar-refractivity contribution < 1.29 is 27.6 Å². The van der Waals surface area contributed by atoms with Gasteiger partial charge >= 0.3 is 6.18 Å². The van der Waals surface area contributed by atoms with E-state index in [1.807, 2.05) is 0 Å². The highest BCUT2D eigenvalue weighted by atomic mass is 19.4. The quantitative estimate of drug-likeness (QED) is 0.490. The van der Waals surface area contributed by atoms with E-state index in [-0.39, 0.29) is 29.3 Å². The van der Waals surface area contributed by atoms with Crippen LogP contribution in [-0.4, -0.2) is 38.4 Å². The Labute approximate surface area is 192 Å². The van der Waals surface area contributed by atoms with Crippen LogP contribution in [0.25, 0.3) is 11.3 Å². The van der Waals surface area contributed by atoms with Gasteiger partial charge in [-0.3, -0.25) is 24.0 Å². The molecule has 11 heteroatoms. The van der Waals surface area contributed by atoms with Crippen molar-refractivity contribution in [3.05, 3.63) is 71.7 Å². The Balaban J connectivity index is 1.65. The molecule has 0 saturated heterocycles. The fourth-order valence-corrected chi connectivity index (χ4v) is 3.47. The number of hydrogen-bond donors (Lipinski definition) is 2. The molecule has 3 aromatic rings. The number of rotatable bonds is 8. The first-order valence-electron chi connectivity index (χ1n) is 10.4. The smallest absolute Gasteiger partial charge is 0.363 e. The highest BCUT2D eigenvalue weighted by molar-refractivity contribution is 6.38. The molecule has 0 radical (unpaired) electrons. The number of hydrogen-bond acceptors (Lipinski definition) is 5. The van der Waals surface area contributed by atoms with Gasteiger partial charge < -0.3 is 11.1 Å². The molecule has 1 aliphatic carbocycles. The number of Topliss-reactive ketones (excluding diaryl/α,β-unsaturated/α-hetero) is 1. The number of carbonyl (C=O) groups is 3. The van der Waals surface area contributed by atoms with Crippen molar-refractivity contribution >= 4 is 17.6 Å². The second kappa shape index (κ2) is 9.08. The van der Waals surface area contributed by atoms with Gasteiger partial charge in [-0.1, -0.05) is 30.3 Å². The molecule has 0 bridgehead atoms. The Morgan fingerprint density at radius 1 is 1.12 bits per heavy atom. The number of halogens is 3. The maximum absolute atomic E-state index is 13.2. The fourth-order valence-electron chi connectivity index (χ4n) is 3.47. The van der Waals surface area contributed by atoms with Gasteiger partial charge in [0.25, 0.3) is 11.8 Å². The van der Waals surface area contributed by atoms with E-state index in [1.165, 1.54) is 12.3 Å². The first kappa shape index (κ1) is 23.1. The van der Waals surface area contributed by atoms with Crippen molar-refractivity contribution in [3.63, 3.8) is 0 Å². The topological polar surface area (TPSA) is 120 Å². The van der Waals surface area contributed by atoms with E-state index in [0.717, 1.165) is 25.1 Å². The van der Waals surface area contributed by atoms with Crippen LogP contribution in [0.5, 0.6) is 0 Å². The molecule has 2 amide bonds. The van der Waals surface area contributed by atoms with Gasteiger partial charge in [0.15, 0.2) is 0 Å². The Morgan fingerprint density at radius 2 is 1.82 bits per heavy atom. The third kappa shape index (κ3) is 5.13. The highest BCUT2D eigenvalue weighted by Crippen LogP contribution is 2.36. The van der Waals surface area contributed by atoms with Gasteiger partial charge in [0.2, 0.25) is 5.78 Å². The number of alkyl halides is 3. The summed E-state index contributed by atoms with van der Waals surface area (Å²) in [6.45, 7) is 0. The largest absolute Gasteiger partial charge is 0.433 e. The third-order valence-corrected chi connectivity index (χ3v) is 5.37. The average molecular weight is 471 g/mol. The molecular formula is C23H20F3N5O3. The summed E-state index contributed by atoms with van der Waals surface area (Å²) >= 11 is 0. The Bertz CT molecular complexity index is 1220. The molecule has 1 atom stereocenters. The number of carbonyl (C=O) groups excluding carboxylic acids is 3. The van der Waals surface area contributed by atoms with Crippen molar-refractivity contribution in [2.75, 3.05) is 0 Å². The molecular weight excluding hydrogens is 451 g/mol. The van der Waals surface area contributed by atoms with E-state index in [1.54, 1.807) is 35.0 Å². The lowest BCUT2D eigenvalue weighted by Crippen LogP contribution is -2.47. The van der Waals surface area contributed by atoms with E-state index in [4.69, 9.17) is 5.73 Å². The normalized spacial score (nSPS) is 14.4. The van der Waals surface area contributed by atoms with Crippen LogP contribution in [0.3, 0.4) is 0 Å².